The Morgan fingerprint density at radius 1 is 1.19 bits per heavy atom. The first-order valence-electron chi connectivity index (χ1n) is 10.9. The molecule has 1 amide bonds. The van der Waals surface area contributed by atoms with Gasteiger partial charge < -0.3 is 20.8 Å². The van der Waals surface area contributed by atoms with E-state index >= 15 is 0 Å². The van der Waals surface area contributed by atoms with E-state index in [0.29, 0.717) is 16.8 Å². The van der Waals surface area contributed by atoms with E-state index in [1.807, 2.05) is 0 Å². The summed E-state index contributed by atoms with van der Waals surface area (Å²) in [5.74, 6) is -2.15. The largest absolute Gasteiger partial charge is 0.393 e. The molecule has 0 aliphatic carbocycles. The molecule has 36 heavy (non-hydrogen) atoms. The normalized spacial score (nSPS) is 18.2. The molecule has 4 heterocycles. The van der Waals surface area contributed by atoms with Gasteiger partial charge >= 0.3 is 6.18 Å². The van der Waals surface area contributed by atoms with Gasteiger partial charge in [0.15, 0.2) is 17.3 Å². The van der Waals surface area contributed by atoms with Crippen LogP contribution in [0.1, 0.15) is 25.0 Å². The number of carbonyl (C=O) groups excluding carboxylic acids is 1. The summed E-state index contributed by atoms with van der Waals surface area (Å²) in [4.78, 5) is 30.3. The number of halogens is 4. The lowest BCUT2D eigenvalue weighted by molar-refractivity contribution is -0.165. The van der Waals surface area contributed by atoms with E-state index in [4.69, 9.17) is 5.73 Å². The monoisotopic (exact) mass is 500 g/mol. The molecule has 5 rings (SSSR count). The minimum atomic E-state index is -4.37. The molecule has 186 valence electrons. The topological polar surface area (TPSA) is 123 Å². The quantitative estimate of drug-likeness (QED) is 0.357. The molecule has 0 bridgehead atoms. The molecule has 0 spiro atoms. The number of aromatic nitrogens is 5. The van der Waals surface area contributed by atoms with Crippen LogP contribution in [0.2, 0.25) is 0 Å². The van der Waals surface area contributed by atoms with E-state index < -0.39 is 35.8 Å². The maximum atomic E-state index is 13.5. The Kier molecular flexibility index (Phi) is 5.30. The van der Waals surface area contributed by atoms with Crippen LogP contribution in [0.15, 0.2) is 42.9 Å². The smallest absolute Gasteiger partial charge is 0.383 e. The Balaban J connectivity index is 1.56. The molecule has 4 aromatic rings. The van der Waals surface area contributed by atoms with E-state index in [1.165, 1.54) is 30.5 Å². The van der Waals surface area contributed by atoms with Crippen LogP contribution in [0.25, 0.3) is 17.2 Å². The van der Waals surface area contributed by atoms with Crippen molar-refractivity contribution in [2.75, 3.05) is 22.9 Å². The van der Waals surface area contributed by atoms with Gasteiger partial charge in [-0.2, -0.15) is 13.2 Å². The fraction of sp³-hybridized carbons (Fsp3) is 0.261. The van der Waals surface area contributed by atoms with Crippen molar-refractivity contribution in [1.29, 1.82) is 0 Å². The predicted octanol–water partition coefficient (Wildman–Crippen LogP) is 3.78. The van der Waals surface area contributed by atoms with Gasteiger partial charge in [0.05, 0.1) is 11.5 Å². The van der Waals surface area contributed by atoms with Crippen molar-refractivity contribution in [3.8, 4) is 11.5 Å². The number of carbonyl (C=O) groups is 1. The van der Waals surface area contributed by atoms with Gasteiger partial charge in [0, 0.05) is 25.1 Å². The van der Waals surface area contributed by atoms with Gasteiger partial charge in [-0.05, 0) is 24.6 Å². The maximum Gasteiger partial charge on any atom is 0.393 e. The summed E-state index contributed by atoms with van der Waals surface area (Å²) in [6.45, 7) is 2.28. The van der Waals surface area contributed by atoms with Crippen molar-refractivity contribution in [2.24, 2.45) is 5.92 Å². The van der Waals surface area contributed by atoms with Crippen LogP contribution in [0.4, 0.5) is 35.0 Å². The highest BCUT2D eigenvalue weighted by molar-refractivity contribution is 6.09. The lowest BCUT2D eigenvalue weighted by Crippen LogP contribution is -2.33. The zero-order valence-corrected chi connectivity index (χ0v) is 19.1. The number of benzene rings is 1. The molecular weight excluding hydrogens is 480 g/mol. The molecule has 2 atom stereocenters. The third-order valence-electron chi connectivity index (χ3n) is 6.28. The SMILES string of the molecule is CC(CNc1nc(-c2nc(N)c3c(n2)NC(=O)C3(C)c2ccc(F)cc2)cn2ccnc12)C(F)(F)F. The minimum absolute atomic E-state index is 0.00732. The first-order chi connectivity index (χ1) is 17.0. The molecule has 0 saturated carbocycles. The highest BCUT2D eigenvalue weighted by Gasteiger charge is 2.47. The third-order valence-corrected chi connectivity index (χ3v) is 6.28. The first kappa shape index (κ1) is 23.5. The lowest BCUT2D eigenvalue weighted by atomic mass is 9.78. The van der Waals surface area contributed by atoms with Crippen LogP contribution in [-0.2, 0) is 10.2 Å². The number of nitrogens with one attached hydrogen (secondary N) is 2. The van der Waals surface area contributed by atoms with Crippen LogP contribution < -0.4 is 16.4 Å². The van der Waals surface area contributed by atoms with Gasteiger partial charge in [-0.25, -0.2) is 24.3 Å². The van der Waals surface area contributed by atoms with Crippen molar-refractivity contribution < 1.29 is 22.4 Å². The Morgan fingerprint density at radius 3 is 2.61 bits per heavy atom. The zero-order chi connectivity index (χ0) is 25.8. The van der Waals surface area contributed by atoms with Crippen molar-refractivity contribution in [3.05, 3.63) is 59.8 Å². The molecule has 13 heteroatoms. The van der Waals surface area contributed by atoms with Crippen molar-refractivity contribution in [2.45, 2.75) is 25.4 Å². The van der Waals surface area contributed by atoms with E-state index in [9.17, 15) is 22.4 Å². The second-order valence-electron chi connectivity index (χ2n) is 8.70. The molecule has 2 unspecified atom stereocenters. The standard InChI is InChI=1S/C23H20F4N8O/c1-11(23(25,26)27)9-30-19-20-29-7-8-35(20)10-14(31-19)17-32-16(28)15-18(33-17)34-21(36)22(15,2)12-3-5-13(24)6-4-12/h3-8,10-11H,9H2,1-2H3,(H,30,31)(H3,28,32,33,34,36). The van der Waals surface area contributed by atoms with Gasteiger partial charge in [0.2, 0.25) is 5.91 Å². The number of rotatable bonds is 5. The number of nitrogen functional groups attached to an aromatic ring is 1. The fourth-order valence-electron chi connectivity index (χ4n) is 4.10. The Morgan fingerprint density at radius 2 is 1.92 bits per heavy atom. The minimum Gasteiger partial charge on any atom is -0.383 e. The van der Waals surface area contributed by atoms with E-state index in [2.05, 4.69) is 30.6 Å². The number of amides is 1. The predicted molar refractivity (Wildman–Crippen MR) is 124 cm³/mol. The summed E-state index contributed by atoms with van der Waals surface area (Å²) in [5, 5.41) is 5.41. The number of alkyl halides is 3. The summed E-state index contributed by atoms with van der Waals surface area (Å²) in [6.07, 6.45) is 0.259. The Bertz CT molecular complexity index is 1480. The van der Waals surface area contributed by atoms with Crippen LogP contribution in [0.5, 0.6) is 0 Å². The number of nitrogens with zero attached hydrogens (tertiary/aromatic N) is 5. The number of anilines is 3. The molecule has 9 nitrogen and oxygen atoms in total. The van der Waals surface area contributed by atoms with Gasteiger partial charge in [-0.15, -0.1) is 0 Å². The number of imidazole rings is 1. The molecule has 1 aliphatic rings. The second kappa shape index (κ2) is 8.14. The molecule has 0 saturated heterocycles. The summed E-state index contributed by atoms with van der Waals surface area (Å²) < 4.78 is 54.0. The highest BCUT2D eigenvalue weighted by Crippen LogP contribution is 2.45. The summed E-state index contributed by atoms with van der Waals surface area (Å²) in [7, 11) is 0. The zero-order valence-electron chi connectivity index (χ0n) is 19.1. The van der Waals surface area contributed by atoms with Crippen LogP contribution in [0, 0.1) is 11.7 Å². The average Bonchev–Trinajstić information content (AvgIpc) is 3.39. The van der Waals surface area contributed by atoms with E-state index in [1.54, 1.807) is 23.7 Å². The molecule has 4 N–H and O–H groups in total. The molecule has 1 aliphatic heterocycles. The van der Waals surface area contributed by atoms with Gasteiger partial charge in [-0.3, -0.25) is 4.79 Å². The summed E-state index contributed by atoms with van der Waals surface area (Å²) in [6, 6.07) is 5.48. The summed E-state index contributed by atoms with van der Waals surface area (Å²) >= 11 is 0. The number of hydrogen-bond donors (Lipinski definition) is 3. The molecule has 0 radical (unpaired) electrons. The highest BCUT2D eigenvalue weighted by atomic mass is 19.4. The van der Waals surface area contributed by atoms with Crippen molar-refractivity contribution in [1.82, 2.24) is 24.3 Å². The maximum absolute atomic E-state index is 13.5. The third kappa shape index (κ3) is 3.76. The van der Waals surface area contributed by atoms with E-state index in [-0.39, 0.29) is 29.0 Å². The van der Waals surface area contributed by atoms with Crippen LogP contribution in [0.3, 0.4) is 0 Å². The second-order valence-corrected chi connectivity index (χ2v) is 8.70. The number of hydrogen-bond acceptors (Lipinski definition) is 7. The Labute approximate surface area is 201 Å². The van der Waals surface area contributed by atoms with Crippen molar-refractivity contribution in [3.63, 3.8) is 0 Å². The fourth-order valence-corrected chi connectivity index (χ4v) is 4.10. The Hall–Kier alpha value is -4.29. The van der Waals surface area contributed by atoms with Gasteiger partial charge in [0.25, 0.3) is 0 Å². The van der Waals surface area contributed by atoms with Gasteiger partial charge in [-0.1, -0.05) is 19.1 Å². The summed E-state index contributed by atoms with van der Waals surface area (Å²) in [5.41, 5.74) is 6.39. The lowest BCUT2D eigenvalue weighted by Gasteiger charge is -2.23. The number of nitrogens with two attached hydrogens (primary N) is 1. The molecular formula is C23H20F4N8O. The molecule has 0 fully saturated rings. The van der Waals surface area contributed by atoms with Crippen LogP contribution in [-0.4, -0.2) is 43.0 Å². The van der Waals surface area contributed by atoms with Crippen LogP contribution >= 0.6 is 0 Å². The molecule has 3 aromatic heterocycles. The number of fused-ring (bicyclic) bond motifs is 2. The molecule has 1 aromatic carbocycles. The van der Waals surface area contributed by atoms with Gasteiger partial charge in [0.1, 0.15) is 28.6 Å². The van der Waals surface area contributed by atoms with Crippen molar-refractivity contribution >= 4 is 29.0 Å². The first-order valence-corrected chi connectivity index (χ1v) is 10.9. The van der Waals surface area contributed by atoms with E-state index in [0.717, 1.165) is 6.92 Å². The average molecular weight is 500 g/mol.